The quantitative estimate of drug-likeness (QED) is 0.737. The van der Waals surface area contributed by atoms with Gasteiger partial charge in [-0.1, -0.05) is 36.4 Å². The number of rotatable bonds is 1. The van der Waals surface area contributed by atoms with E-state index in [0.717, 1.165) is 11.1 Å². The fraction of sp³-hybridized carbons (Fsp3) is 0.143. The van der Waals surface area contributed by atoms with Crippen molar-refractivity contribution in [2.45, 2.75) is 13.5 Å². The van der Waals surface area contributed by atoms with Gasteiger partial charge in [0.25, 0.3) is 0 Å². The van der Waals surface area contributed by atoms with Crippen molar-refractivity contribution in [3.05, 3.63) is 59.7 Å². The van der Waals surface area contributed by atoms with Crippen molar-refractivity contribution < 1.29 is 13.6 Å². The third-order valence-electron chi connectivity index (χ3n) is 2.99. The summed E-state index contributed by atoms with van der Waals surface area (Å²) < 4.78 is 23.9. The summed E-state index contributed by atoms with van der Waals surface area (Å²) >= 11 is 0. The molecule has 0 saturated carbocycles. The van der Waals surface area contributed by atoms with E-state index in [0.29, 0.717) is 17.7 Å². The Balaban J connectivity index is 2.05. The summed E-state index contributed by atoms with van der Waals surface area (Å²) in [5.74, 6) is 0.648. The molecule has 0 aromatic heterocycles. The third-order valence-corrected chi connectivity index (χ3v) is 4.99. The number of benzene rings is 2. The minimum atomic E-state index is -3.24. The van der Waals surface area contributed by atoms with Gasteiger partial charge in [0.15, 0.2) is 0 Å². The summed E-state index contributed by atoms with van der Waals surface area (Å²) in [6.07, 6.45) is 0. The molecule has 2 aromatic rings. The van der Waals surface area contributed by atoms with Crippen molar-refractivity contribution in [3.63, 3.8) is 0 Å². The molecule has 3 rings (SSSR count). The lowest BCUT2D eigenvalue weighted by Crippen LogP contribution is -2.18. The minimum absolute atomic E-state index is 0.321. The standard InChI is InChI=1S/C14H13O3P/c1-11-6-2-5-9-14(11)18(15)16-10-12-7-3-4-8-13(12)17-18/h2-9H,10H2,1H3. The maximum absolute atomic E-state index is 12.8. The molecule has 0 N–H and O–H groups in total. The number of para-hydroxylation sites is 1. The Morgan fingerprint density at radius 1 is 1.06 bits per heavy atom. The molecule has 0 aliphatic carbocycles. The fourth-order valence-electron chi connectivity index (χ4n) is 2.01. The van der Waals surface area contributed by atoms with Crippen LogP contribution in [0.25, 0.3) is 0 Å². The molecule has 1 aliphatic heterocycles. The van der Waals surface area contributed by atoms with Gasteiger partial charge in [0, 0.05) is 5.56 Å². The Hall–Kier alpha value is -1.57. The van der Waals surface area contributed by atoms with Gasteiger partial charge in [-0.2, -0.15) is 0 Å². The van der Waals surface area contributed by atoms with Gasteiger partial charge >= 0.3 is 7.60 Å². The highest BCUT2D eigenvalue weighted by molar-refractivity contribution is 7.62. The maximum atomic E-state index is 12.8. The SMILES string of the molecule is Cc1ccccc1P1(=O)OCc2ccccc2O1. The first-order chi connectivity index (χ1) is 8.69. The molecule has 0 radical (unpaired) electrons. The topological polar surface area (TPSA) is 35.5 Å². The van der Waals surface area contributed by atoms with E-state index in [1.807, 2.05) is 49.4 Å². The van der Waals surface area contributed by atoms with Gasteiger partial charge in [0.05, 0.1) is 11.9 Å². The van der Waals surface area contributed by atoms with Crippen LogP contribution in [0.2, 0.25) is 0 Å². The number of fused-ring (bicyclic) bond motifs is 1. The average Bonchev–Trinajstić information content (AvgIpc) is 2.39. The van der Waals surface area contributed by atoms with Gasteiger partial charge in [-0.05, 0) is 24.6 Å². The summed E-state index contributed by atoms with van der Waals surface area (Å²) in [5, 5.41) is 0.638. The largest absolute Gasteiger partial charge is 0.421 e. The molecule has 0 amide bonds. The van der Waals surface area contributed by atoms with E-state index in [-0.39, 0.29) is 0 Å². The Labute approximate surface area is 106 Å². The summed E-state index contributed by atoms with van der Waals surface area (Å²) in [5.41, 5.74) is 1.85. The van der Waals surface area contributed by atoms with Crippen LogP contribution >= 0.6 is 7.60 Å². The van der Waals surface area contributed by atoms with Crippen LogP contribution in [0.3, 0.4) is 0 Å². The van der Waals surface area contributed by atoms with E-state index >= 15 is 0 Å². The summed E-state index contributed by atoms with van der Waals surface area (Å²) in [7, 11) is -3.24. The van der Waals surface area contributed by atoms with Crippen LogP contribution in [0.15, 0.2) is 48.5 Å². The van der Waals surface area contributed by atoms with Crippen LogP contribution in [-0.2, 0) is 15.7 Å². The Bertz CT molecular complexity index is 636. The summed E-state index contributed by atoms with van der Waals surface area (Å²) in [6, 6.07) is 15.0. The van der Waals surface area contributed by atoms with Crippen molar-refractivity contribution in [3.8, 4) is 5.75 Å². The van der Waals surface area contributed by atoms with E-state index in [4.69, 9.17) is 9.05 Å². The molecule has 1 atom stereocenters. The van der Waals surface area contributed by atoms with Crippen LogP contribution in [0.5, 0.6) is 5.75 Å². The van der Waals surface area contributed by atoms with E-state index in [1.54, 1.807) is 6.07 Å². The van der Waals surface area contributed by atoms with Crippen LogP contribution in [0, 0.1) is 6.92 Å². The molecular weight excluding hydrogens is 247 g/mol. The van der Waals surface area contributed by atoms with Crippen molar-refractivity contribution in [1.29, 1.82) is 0 Å². The number of hydrogen-bond acceptors (Lipinski definition) is 3. The molecule has 2 aromatic carbocycles. The summed E-state index contributed by atoms with van der Waals surface area (Å²) in [6.45, 7) is 2.23. The first-order valence-corrected chi connectivity index (χ1v) is 7.32. The average molecular weight is 260 g/mol. The van der Waals surface area contributed by atoms with Crippen molar-refractivity contribution in [2.75, 3.05) is 0 Å². The molecule has 1 heterocycles. The minimum Gasteiger partial charge on any atom is -0.421 e. The van der Waals surface area contributed by atoms with Gasteiger partial charge in [0.2, 0.25) is 0 Å². The molecule has 0 fully saturated rings. The molecular formula is C14H13O3P. The zero-order valence-electron chi connectivity index (χ0n) is 10.00. The van der Waals surface area contributed by atoms with E-state index < -0.39 is 7.60 Å². The van der Waals surface area contributed by atoms with Gasteiger partial charge < -0.3 is 4.52 Å². The normalized spacial score (nSPS) is 22.1. The van der Waals surface area contributed by atoms with Crippen molar-refractivity contribution >= 4 is 12.9 Å². The zero-order valence-corrected chi connectivity index (χ0v) is 10.9. The second-order valence-corrected chi connectivity index (χ2v) is 6.17. The second kappa shape index (κ2) is 4.27. The Morgan fingerprint density at radius 3 is 2.61 bits per heavy atom. The molecule has 0 bridgehead atoms. The smallest absolute Gasteiger partial charge is 0.411 e. The highest BCUT2D eigenvalue weighted by atomic mass is 31.2. The molecule has 18 heavy (non-hydrogen) atoms. The van der Waals surface area contributed by atoms with E-state index in [9.17, 15) is 4.57 Å². The van der Waals surface area contributed by atoms with Crippen LogP contribution in [0.1, 0.15) is 11.1 Å². The molecule has 0 saturated heterocycles. The lowest BCUT2D eigenvalue weighted by atomic mass is 10.2. The highest BCUT2D eigenvalue weighted by Gasteiger charge is 2.35. The number of hydrogen-bond donors (Lipinski definition) is 0. The van der Waals surface area contributed by atoms with Gasteiger partial charge in [-0.15, -0.1) is 0 Å². The van der Waals surface area contributed by atoms with Crippen LogP contribution in [-0.4, -0.2) is 0 Å². The summed E-state index contributed by atoms with van der Waals surface area (Å²) in [4.78, 5) is 0. The van der Waals surface area contributed by atoms with Crippen LogP contribution in [0.4, 0.5) is 0 Å². The first kappa shape index (κ1) is 11.5. The maximum Gasteiger partial charge on any atom is 0.411 e. The van der Waals surface area contributed by atoms with Gasteiger partial charge in [-0.25, -0.2) is 4.57 Å². The molecule has 1 unspecified atom stereocenters. The van der Waals surface area contributed by atoms with Crippen LogP contribution < -0.4 is 9.83 Å². The van der Waals surface area contributed by atoms with E-state index in [1.165, 1.54) is 0 Å². The van der Waals surface area contributed by atoms with E-state index in [2.05, 4.69) is 0 Å². The van der Waals surface area contributed by atoms with Crippen molar-refractivity contribution in [2.24, 2.45) is 0 Å². The molecule has 4 heteroatoms. The molecule has 0 spiro atoms. The number of aryl methyl sites for hydroxylation is 1. The highest BCUT2D eigenvalue weighted by Crippen LogP contribution is 2.52. The Morgan fingerprint density at radius 2 is 1.78 bits per heavy atom. The van der Waals surface area contributed by atoms with Gasteiger partial charge in [0.1, 0.15) is 5.75 Å². The predicted octanol–water partition coefficient (Wildman–Crippen LogP) is 3.42. The Kier molecular flexibility index (Phi) is 2.73. The lowest BCUT2D eigenvalue weighted by Gasteiger charge is -2.26. The van der Waals surface area contributed by atoms with Crippen molar-refractivity contribution in [1.82, 2.24) is 0 Å². The predicted molar refractivity (Wildman–Crippen MR) is 70.3 cm³/mol. The fourth-order valence-corrected chi connectivity index (χ4v) is 3.82. The lowest BCUT2D eigenvalue weighted by molar-refractivity contribution is 0.241. The second-order valence-electron chi connectivity index (χ2n) is 4.26. The monoisotopic (exact) mass is 260 g/mol. The van der Waals surface area contributed by atoms with Gasteiger partial charge in [-0.3, -0.25) is 4.52 Å². The third kappa shape index (κ3) is 1.86. The molecule has 3 nitrogen and oxygen atoms in total. The first-order valence-electron chi connectivity index (χ1n) is 5.77. The zero-order chi connectivity index (χ0) is 12.6. The molecule has 92 valence electrons. The molecule has 1 aliphatic rings.